The third-order valence-corrected chi connectivity index (χ3v) is 4.76. The van der Waals surface area contributed by atoms with Crippen molar-refractivity contribution >= 4 is 10.0 Å². The van der Waals surface area contributed by atoms with Crippen molar-refractivity contribution in [3.05, 3.63) is 0 Å². The summed E-state index contributed by atoms with van der Waals surface area (Å²) in [5.74, 6) is 0.534. The van der Waals surface area contributed by atoms with Crippen molar-refractivity contribution in [2.75, 3.05) is 12.3 Å². The fourth-order valence-electron chi connectivity index (χ4n) is 2.04. The monoisotopic (exact) mass is 220 g/mol. The van der Waals surface area contributed by atoms with Crippen LogP contribution in [-0.2, 0) is 10.0 Å². The standard InChI is InChI=1S/C9H20N2O2S/c1-7-5-11(14(12,13)6-7)9(3)4-8(2)10/h7-9H,4-6,10H2,1-3H3. The minimum Gasteiger partial charge on any atom is -0.328 e. The van der Waals surface area contributed by atoms with E-state index in [1.807, 2.05) is 20.8 Å². The van der Waals surface area contributed by atoms with Crippen molar-refractivity contribution in [1.29, 1.82) is 0 Å². The lowest BCUT2D eigenvalue weighted by Crippen LogP contribution is -2.38. The fourth-order valence-corrected chi connectivity index (χ4v) is 4.17. The zero-order chi connectivity index (χ0) is 10.9. The molecule has 0 aromatic heterocycles. The number of sulfonamides is 1. The van der Waals surface area contributed by atoms with Crippen LogP contribution in [0.1, 0.15) is 27.2 Å². The first-order valence-corrected chi connectivity index (χ1v) is 6.69. The molecule has 0 aromatic rings. The molecule has 1 saturated heterocycles. The first kappa shape index (κ1) is 11.9. The second-order valence-electron chi connectivity index (χ2n) is 4.52. The Balaban J connectivity index is 2.68. The highest BCUT2D eigenvalue weighted by Crippen LogP contribution is 2.23. The van der Waals surface area contributed by atoms with Gasteiger partial charge in [0.15, 0.2) is 0 Å². The van der Waals surface area contributed by atoms with Gasteiger partial charge in [-0.1, -0.05) is 6.92 Å². The zero-order valence-corrected chi connectivity index (χ0v) is 9.92. The molecule has 3 unspecified atom stereocenters. The predicted octanol–water partition coefficient (Wildman–Crippen LogP) is 0.394. The molecule has 1 aliphatic heterocycles. The molecule has 0 aromatic carbocycles. The first-order chi connectivity index (χ1) is 6.33. The molecule has 5 heteroatoms. The molecule has 0 spiro atoms. The second kappa shape index (κ2) is 4.16. The van der Waals surface area contributed by atoms with E-state index in [1.54, 1.807) is 4.31 Å². The molecule has 14 heavy (non-hydrogen) atoms. The van der Waals surface area contributed by atoms with Gasteiger partial charge in [-0.15, -0.1) is 0 Å². The molecule has 3 atom stereocenters. The van der Waals surface area contributed by atoms with Crippen LogP contribution >= 0.6 is 0 Å². The molecular formula is C9H20N2O2S. The molecule has 0 aliphatic carbocycles. The van der Waals surface area contributed by atoms with Gasteiger partial charge in [-0.05, 0) is 26.2 Å². The molecule has 84 valence electrons. The van der Waals surface area contributed by atoms with E-state index in [0.717, 1.165) is 6.42 Å². The van der Waals surface area contributed by atoms with Crippen LogP contribution in [-0.4, -0.2) is 37.1 Å². The summed E-state index contributed by atoms with van der Waals surface area (Å²) in [5, 5.41) is 0. The lowest BCUT2D eigenvalue weighted by atomic mass is 10.1. The topological polar surface area (TPSA) is 63.4 Å². The number of nitrogens with zero attached hydrogens (tertiary/aromatic N) is 1. The van der Waals surface area contributed by atoms with Crippen LogP contribution in [0.2, 0.25) is 0 Å². The zero-order valence-electron chi connectivity index (χ0n) is 9.10. The minimum absolute atomic E-state index is 0.0324. The molecular weight excluding hydrogens is 200 g/mol. The van der Waals surface area contributed by atoms with Crippen molar-refractivity contribution in [2.45, 2.75) is 39.3 Å². The van der Waals surface area contributed by atoms with E-state index in [1.165, 1.54) is 0 Å². The lowest BCUT2D eigenvalue weighted by molar-refractivity contribution is 0.313. The summed E-state index contributed by atoms with van der Waals surface area (Å²) in [6.45, 7) is 6.45. The molecule has 0 amide bonds. The Morgan fingerprint density at radius 2 is 2.07 bits per heavy atom. The Morgan fingerprint density at radius 1 is 1.50 bits per heavy atom. The van der Waals surface area contributed by atoms with Crippen LogP contribution in [0.25, 0.3) is 0 Å². The molecule has 1 fully saturated rings. The average Bonchev–Trinajstić information content (AvgIpc) is 2.22. The number of rotatable bonds is 3. The summed E-state index contributed by atoms with van der Waals surface area (Å²) in [6, 6.07) is 0.0843. The first-order valence-electron chi connectivity index (χ1n) is 5.08. The molecule has 1 aliphatic rings. The van der Waals surface area contributed by atoms with Crippen LogP contribution in [0.5, 0.6) is 0 Å². The molecule has 4 nitrogen and oxygen atoms in total. The highest BCUT2D eigenvalue weighted by atomic mass is 32.2. The van der Waals surface area contributed by atoms with Crippen molar-refractivity contribution in [3.63, 3.8) is 0 Å². The second-order valence-corrected chi connectivity index (χ2v) is 6.48. The summed E-state index contributed by atoms with van der Waals surface area (Å²) < 4.78 is 25.0. The van der Waals surface area contributed by atoms with E-state index >= 15 is 0 Å². The maximum absolute atomic E-state index is 11.7. The third kappa shape index (κ3) is 2.68. The highest BCUT2D eigenvalue weighted by Gasteiger charge is 2.36. The van der Waals surface area contributed by atoms with E-state index in [-0.39, 0.29) is 23.8 Å². The predicted molar refractivity (Wildman–Crippen MR) is 57.4 cm³/mol. The van der Waals surface area contributed by atoms with Crippen LogP contribution in [0.4, 0.5) is 0 Å². The van der Waals surface area contributed by atoms with E-state index < -0.39 is 10.0 Å². The van der Waals surface area contributed by atoms with Gasteiger partial charge in [0, 0.05) is 18.6 Å². The van der Waals surface area contributed by atoms with Crippen LogP contribution in [0.15, 0.2) is 0 Å². The molecule has 2 N–H and O–H groups in total. The summed E-state index contributed by atoms with van der Waals surface area (Å²) in [4.78, 5) is 0. The van der Waals surface area contributed by atoms with Crippen LogP contribution in [0.3, 0.4) is 0 Å². The SMILES string of the molecule is CC(N)CC(C)N1CC(C)CS1(=O)=O. The van der Waals surface area contributed by atoms with Crippen molar-refractivity contribution in [3.8, 4) is 0 Å². The maximum atomic E-state index is 11.7. The molecule has 0 saturated carbocycles. The average molecular weight is 220 g/mol. The molecule has 0 bridgehead atoms. The van der Waals surface area contributed by atoms with Gasteiger partial charge in [-0.2, -0.15) is 4.31 Å². The smallest absolute Gasteiger partial charge is 0.214 e. The fraction of sp³-hybridized carbons (Fsp3) is 1.00. The summed E-state index contributed by atoms with van der Waals surface area (Å²) in [7, 11) is -3.00. The normalized spacial score (nSPS) is 31.6. The van der Waals surface area contributed by atoms with Gasteiger partial charge in [0.2, 0.25) is 10.0 Å². The maximum Gasteiger partial charge on any atom is 0.214 e. The van der Waals surface area contributed by atoms with Crippen LogP contribution < -0.4 is 5.73 Å². The Bertz CT molecular complexity index is 287. The van der Waals surface area contributed by atoms with Crippen LogP contribution in [0, 0.1) is 5.92 Å². The third-order valence-electron chi connectivity index (χ3n) is 2.55. The number of hydrogen-bond donors (Lipinski definition) is 1. The molecule has 1 rings (SSSR count). The van der Waals surface area contributed by atoms with Crippen molar-refractivity contribution in [2.24, 2.45) is 11.7 Å². The van der Waals surface area contributed by atoms with Gasteiger partial charge in [0.1, 0.15) is 0 Å². The van der Waals surface area contributed by atoms with Gasteiger partial charge in [-0.3, -0.25) is 0 Å². The Kier molecular flexibility index (Phi) is 3.55. The van der Waals surface area contributed by atoms with Crippen molar-refractivity contribution in [1.82, 2.24) is 4.31 Å². The largest absolute Gasteiger partial charge is 0.328 e. The minimum atomic E-state index is -3.00. The molecule has 1 heterocycles. The van der Waals surface area contributed by atoms with Gasteiger partial charge in [0.05, 0.1) is 5.75 Å². The summed E-state index contributed by atoms with van der Waals surface area (Å²) in [6.07, 6.45) is 0.728. The van der Waals surface area contributed by atoms with E-state index in [9.17, 15) is 8.42 Å². The van der Waals surface area contributed by atoms with Crippen molar-refractivity contribution < 1.29 is 8.42 Å². The van der Waals surface area contributed by atoms with E-state index in [0.29, 0.717) is 6.54 Å². The summed E-state index contributed by atoms with van der Waals surface area (Å²) >= 11 is 0. The number of hydrogen-bond acceptors (Lipinski definition) is 3. The van der Waals surface area contributed by atoms with E-state index in [4.69, 9.17) is 5.73 Å². The Morgan fingerprint density at radius 3 is 2.43 bits per heavy atom. The van der Waals surface area contributed by atoms with E-state index in [2.05, 4.69) is 0 Å². The summed E-state index contributed by atoms with van der Waals surface area (Å²) in [5.41, 5.74) is 5.66. The Labute approximate surface area is 86.5 Å². The van der Waals surface area contributed by atoms with Gasteiger partial charge < -0.3 is 5.73 Å². The van der Waals surface area contributed by atoms with Gasteiger partial charge >= 0.3 is 0 Å². The number of nitrogens with two attached hydrogens (primary N) is 1. The van der Waals surface area contributed by atoms with Gasteiger partial charge in [-0.25, -0.2) is 8.42 Å². The molecule has 0 radical (unpaired) electrons. The Hall–Kier alpha value is -0.130. The highest BCUT2D eigenvalue weighted by molar-refractivity contribution is 7.89. The quantitative estimate of drug-likeness (QED) is 0.748. The van der Waals surface area contributed by atoms with Gasteiger partial charge in [0.25, 0.3) is 0 Å². The lowest BCUT2D eigenvalue weighted by Gasteiger charge is -2.24.